The fraction of sp³-hybridized carbons (Fsp3) is 0.256. The van der Waals surface area contributed by atoms with Crippen molar-refractivity contribution in [2.45, 2.75) is 50.6 Å². The quantitative estimate of drug-likeness (QED) is 0.0971. The molecule has 0 bridgehead atoms. The van der Waals surface area contributed by atoms with Gasteiger partial charge in [-0.3, -0.25) is 23.5 Å². The first-order chi connectivity index (χ1) is 30.1. The zero-order valence-corrected chi connectivity index (χ0v) is 35.6. The van der Waals surface area contributed by atoms with Crippen LogP contribution in [0.4, 0.5) is 32.2 Å². The molecule has 1 fully saturated rings. The summed E-state index contributed by atoms with van der Waals surface area (Å²) in [5, 5.41) is 12.9. The lowest BCUT2D eigenvalue weighted by Gasteiger charge is -2.24. The van der Waals surface area contributed by atoms with Gasteiger partial charge in [0.05, 0.1) is 53.8 Å². The molecule has 1 saturated carbocycles. The van der Waals surface area contributed by atoms with Crippen LogP contribution in [0.3, 0.4) is 0 Å². The highest BCUT2D eigenvalue weighted by Crippen LogP contribution is 2.68. The van der Waals surface area contributed by atoms with Gasteiger partial charge in [0.1, 0.15) is 35.4 Å². The van der Waals surface area contributed by atoms with Gasteiger partial charge in [0, 0.05) is 37.3 Å². The molecular formula is C43H32ClF6N9O2S2. The Balaban J connectivity index is 1.17. The lowest BCUT2D eigenvalue weighted by molar-refractivity contribution is -0.123. The van der Waals surface area contributed by atoms with Gasteiger partial charge in [0.15, 0.2) is 5.82 Å². The lowest BCUT2D eigenvalue weighted by atomic mass is 10.0. The highest BCUT2D eigenvalue weighted by atomic mass is 35.5. The fourth-order valence-electron chi connectivity index (χ4n) is 8.90. The van der Waals surface area contributed by atoms with E-state index in [1.54, 1.807) is 55.0 Å². The zero-order valence-electron chi connectivity index (χ0n) is 33.2. The number of hydrogen-bond donors (Lipinski definition) is 2. The van der Waals surface area contributed by atoms with E-state index >= 15 is 13.6 Å². The van der Waals surface area contributed by atoms with E-state index in [1.165, 1.54) is 21.2 Å². The molecular weight excluding hydrogens is 888 g/mol. The summed E-state index contributed by atoms with van der Waals surface area (Å²) in [5.74, 6) is -8.04. The highest BCUT2D eigenvalue weighted by molar-refractivity contribution is 7.99. The topological polar surface area (TPSA) is 125 Å². The van der Waals surface area contributed by atoms with Crippen molar-refractivity contribution in [1.29, 1.82) is 0 Å². The van der Waals surface area contributed by atoms with Gasteiger partial charge in [-0.05, 0) is 84.5 Å². The first-order valence-electron chi connectivity index (χ1n) is 19.5. The SMILES string of the molecule is CSNc1nn(C)c2c(-n3c(C(Cc4cc(F)cc(F)c4)NC(=O)Cn4nc(C(F)F)c5c4C(F)(F)C4C[C@H]54)nc4cc(-c5ccc6sc(C)nc6c5)ccc4c3=O)ccc(Cl)c12. The lowest BCUT2D eigenvalue weighted by Crippen LogP contribution is -2.38. The standard InChI is InChI=1S/C43H32ClF6N9O2S2/c1-18-51-29-14-21(5-9-32(29)63-18)20-4-6-24-28(13-20)53-41(59(42(24)61)31-8-7-27(44)35-37(31)57(2)55-40(35)56-62-3)30(12-19-10-22(45)15-23(46)11-19)52-33(60)17-58-38-34(36(54-58)39(47)48)25-16-26(25)43(38,49)50/h4-11,13-15,25-26,30,39H,12,16-17H2,1-3H3,(H,52,60)(H,55,56)/t25-,26?,30?/m0/s1. The monoisotopic (exact) mass is 919 g/mol. The van der Waals surface area contributed by atoms with E-state index in [2.05, 4.69) is 25.2 Å². The number of nitrogens with one attached hydrogen (secondary N) is 2. The third-order valence-corrected chi connectivity index (χ3v) is 13.2. The Morgan fingerprint density at radius 3 is 2.46 bits per heavy atom. The second-order valence-corrected chi connectivity index (χ2v) is 17.9. The largest absolute Gasteiger partial charge is 0.344 e. The molecule has 63 heavy (non-hydrogen) atoms. The Labute approximate surface area is 366 Å². The van der Waals surface area contributed by atoms with Crippen molar-refractivity contribution in [2.75, 3.05) is 11.0 Å². The molecule has 20 heteroatoms. The third kappa shape index (κ3) is 6.91. The van der Waals surface area contributed by atoms with Gasteiger partial charge in [0.25, 0.3) is 17.9 Å². The minimum atomic E-state index is -3.51. The van der Waals surface area contributed by atoms with Gasteiger partial charge in [-0.15, -0.1) is 11.3 Å². The molecule has 10 rings (SSSR count). The van der Waals surface area contributed by atoms with Crippen molar-refractivity contribution in [3.63, 3.8) is 0 Å². The molecule has 3 atom stereocenters. The number of benzene rings is 4. The number of fused-ring (bicyclic) bond motifs is 6. The molecule has 4 aromatic carbocycles. The number of carbonyl (C=O) groups excluding carboxylic acids is 1. The summed E-state index contributed by atoms with van der Waals surface area (Å²) in [6.45, 7) is 0.985. The number of thiazole rings is 1. The van der Waals surface area contributed by atoms with Crippen molar-refractivity contribution in [1.82, 2.24) is 39.4 Å². The molecule has 4 heterocycles. The van der Waals surface area contributed by atoms with E-state index in [0.29, 0.717) is 38.1 Å². The summed E-state index contributed by atoms with van der Waals surface area (Å²) >= 11 is 9.55. The number of nitrogens with zero attached hydrogens (tertiary/aromatic N) is 7. The molecule has 2 aliphatic rings. The number of anilines is 1. The summed E-state index contributed by atoms with van der Waals surface area (Å²) in [5.41, 5.74) is 0.645. The number of aryl methyl sites for hydroxylation is 2. The maximum Gasteiger partial charge on any atom is 0.293 e. The van der Waals surface area contributed by atoms with Gasteiger partial charge in [-0.25, -0.2) is 27.5 Å². The van der Waals surface area contributed by atoms with E-state index < -0.39 is 71.3 Å². The molecule has 0 radical (unpaired) electrons. The molecule has 0 aliphatic heterocycles. The molecule has 2 N–H and O–H groups in total. The summed E-state index contributed by atoms with van der Waals surface area (Å²) in [6, 6.07) is 15.3. The maximum absolute atomic E-state index is 15.6. The molecule has 8 aromatic rings. The van der Waals surface area contributed by atoms with E-state index in [-0.39, 0.29) is 46.4 Å². The third-order valence-electron chi connectivity index (χ3n) is 11.5. The summed E-state index contributed by atoms with van der Waals surface area (Å²) < 4.78 is 96.6. The minimum absolute atomic E-state index is 0.0272. The van der Waals surface area contributed by atoms with Gasteiger partial charge in [-0.1, -0.05) is 35.7 Å². The number of carbonyl (C=O) groups is 1. The van der Waals surface area contributed by atoms with Crippen LogP contribution in [-0.2, 0) is 30.7 Å². The predicted molar refractivity (Wildman–Crippen MR) is 230 cm³/mol. The van der Waals surface area contributed by atoms with Gasteiger partial charge < -0.3 is 10.0 Å². The Bertz CT molecular complexity index is 3260. The number of aromatic nitrogens is 7. The number of rotatable bonds is 11. The molecule has 2 unspecified atom stereocenters. The average molecular weight is 920 g/mol. The summed E-state index contributed by atoms with van der Waals surface area (Å²) in [6.07, 6.45) is -1.73. The van der Waals surface area contributed by atoms with Crippen molar-refractivity contribution in [2.24, 2.45) is 13.0 Å². The summed E-state index contributed by atoms with van der Waals surface area (Å²) in [4.78, 5) is 39.0. The van der Waals surface area contributed by atoms with Crippen molar-refractivity contribution < 1.29 is 31.1 Å². The first kappa shape index (κ1) is 41.1. The second-order valence-electron chi connectivity index (χ2n) is 15.6. The smallest absolute Gasteiger partial charge is 0.293 e. The Morgan fingerprint density at radius 2 is 1.73 bits per heavy atom. The van der Waals surface area contributed by atoms with Gasteiger partial charge >= 0.3 is 0 Å². The zero-order chi connectivity index (χ0) is 44.2. The van der Waals surface area contributed by atoms with Crippen LogP contribution in [0.2, 0.25) is 5.02 Å². The van der Waals surface area contributed by atoms with Crippen molar-refractivity contribution in [3.05, 3.63) is 127 Å². The van der Waals surface area contributed by atoms with Crippen molar-refractivity contribution >= 4 is 78.6 Å². The first-order valence-corrected chi connectivity index (χ1v) is 21.9. The fourth-order valence-corrected chi connectivity index (χ4v) is 10.3. The normalized spacial score (nSPS) is 16.9. The number of hydrogen-bond acceptors (Lipinski definition) is 9. The number of amides is 1. The number of halogens is 7. The second kappa shape index (κ2) is 15.1. The molecule has 4 aromatic heterocycles. The average Bonchev–Trinajstić information content (AvgIpc) is 3.52. The van der Waals surface area contributed by atoms with Crippen LogP contribution < -0.4 is 15.6 Å². The minimum Gasteiger partial charge on any atom is -0.344 e. The van der Waals surface area contributed by atoms with Gasteiger partial charge in [0.2, 0.25) is 5.91 Å². The Morgan fingerprint density at radius 1 is 1.00 bits per heavy atom. The van der Waals surface area contributed by atoms with E-state index in [4.69, 9.17) is 16.6 Å². The van der Waals surface area contributed by atoms with Crippen molar-refractivity contribution in [3.8, 4) is 16.8 Å². The summed E-state index contributed by atoms with van der Waals surface area (Å²) in [7, 11) is 1.64. The van der Waals surface area contributed by atoms with E-state index in [0.717, 1.165) is 32.9 Å². The van der Waals surface area contributed by atoms with Crippen LogP contribution in [0.15, 0.2) is 71.5 Å². The Kier molecular flexibility index (Phi) is 9.87. The molecule has 1 amide bonds. The van der Waals surface area contributed by atoms with Crippen LogP contribution in [0.1, 0.15) is 58.2 Å². The van der Waals surface area contributed by atoms with Crippen LogP contribution in [0, 0.1) is 24.5 Å². The Hall–Kier alpha value is -5.92. The maximum atomic E-state index is 15.6. The molecule has 0 saturated heterocycles. The predicted octanol–water partition coefficient (Wildman–Crippen LogP) is 9.92. The van der Waals surface area contributed by atoms with Crippen LogP contribution in [0.5, 0.6) is 0 Å². The van der Waals surface area contributed by atoms with E-state index in [1.807, 2.05) is 25.1 Å². The van der Waals surface area contributed by atoms with Gasteiger partial charge in [-0.2, -0.15) is 19.0 Å². The van der Waals surface area contributed by atoms with E-state index in [9.17, 15) is 22.4 Å². The molecule has 2 aliphatic carbocycles. The van der Waals surface area contributed by atoms with Crippen LogP contribution in [-0.4, -0.2) is 46.3 Å². The van der Waals surface area contributed by atoms with Crippen LogP contribution in [0.25, 0.3) is 48.8 Å². The molecule has 322 valence electrons. The molecule has 0 spiro atoms. The highest BCUT2D eigenvalue weighted by Gasteiger charge is 2.67. The van der Waals surface area contributed by atoms with Crippen LogP contribution >= 0.6 is 34.9 Å². The number of alkyl halides is 4. The molecule has 11 nitrogen and oxygen atoms in total.